The van der Waals surface area contributed by atoms with E-state index in [1.165, 1.54) is 50.6 Å². The van der Waals surface area contributed by atoms with Crippen molar-refractivity contribution >= 4 is 43.1 Å². The molecule has 1 aliphatic heterocycles. The first-order valence-electron chi connectivity index (χ1n) is 9.10. The van der Waals surface area contributed by atoms with Crippen LogP contribution in [-0.4, -0.2) is 54.5 Å². The maximum atomic E-state index is 12.7. The number of sulfonamides is 1. The SMILES string of the molecule is COc1cc(Cl)c(NC(=O)c2cccc(S(=O)(=O)NC3CCS(=O)(=O)C3)c2)cc1OC. The third-order valence-electron chi connectivity index (χ3n) is 4.68. The molecule has 1 atom stereocenters. The third kappa shape index (κ3) is 5.48. The molecular formula is C19H21ClN2O7S2. The number of methoxy groups -OCH3 is 2. The molecule has 0 spiro atoms. The number of carbonyl (C=O) groups is 1. The number of amides is 1. The van der Waals surface area contributed by atoms with Crippen LogP contribution in [0.25, 0.3) is 0 Å². The van der Waals surface area contributed by atoms with Crippen LogP contribution in [-0.2, 0) is 19.9 Å². The zero-order valence-corrected chi connectivity index (χ0v) is 19.1. The van der Waals surface area contributed by atoms with Gasteiger partial charge >= 0.3 is 0 Å². The summed E-state index contributed by atoms with van der Waals surface area (Å²) in [5.74, 6) is -0.152. The normalized spacial score (nSPS) is 17.8. The van der Waals surface area contributed by atoms with Crippen molar-refractivity contribution < 1.29 is 31.1 Å². The summed E-state index contributed by atoms with van der Waals surface area (Å²) < 4.78 is 61.2. The average molecular weight is 489 g/mol. The van der Waals surface area contributed by atoms with Crippen molar-refractivity contribution in [3.63, 3.8) is 0 Å². The second-order valence-electron chi connectivity index (χ2n) is 6.89. The van der Waals surface area contributed by atoms with Gasteiger partial charge in [0.05, 0.1) is 41.3 Å². The topological polar surface area (TPSA) is 128 Å². The molecule has 1 aliphatic rings. The Morgan fingerprint density at radius 1 is 1.13 bits per heavy atom. The lowest BCUT2D eigenvalue weighted by Crippen LogP contribution is -2.35. The Morgan fingerprint density at radius 3 is 2.42 bits per heavy atom. The van der Waals surface area contributed by atoms with Crippen LogP contribution >= 0.6 is 11.6 Å². The van der Waals surface area contributed by atoms with Crippen LogP contribution in [0.4, 0.5) is 5.69 Å². The molecule has 1 unspecified atom stereocenters. The van der Waals surface area contributed by atoms with Crippen molar-refractivity contribution in [3.05, 3.63) is 47.0 Å². The van der Waals surface area contributed by atoms with E-state index < -0.39 is 31.8 Å². The fourth-order valence-corrected chi connectivity index (χ4v) is 6.42. The number of nitrogens with one attached hydrogen (secondary N) is 2. The van der Waals surface area contributed by atoms with E-state index in [-0.39, 0.29) is 39.1 Å². The lowest BCUT2D eigenvalue weighted by molar-refractivity contribution is 0.102. The summed E-state index contributed by atoms with van der Waals surface area (Å²) in [4.78, 5) is 12.5. The van der Waals surface area contributed by atoms with E-state index in [0.717, 1.165) is 0 Å². The second kappa shape index (κ2) is 9.03. The fraction of sp³-hybridized carbons (Fsp3) is 0.316. The van der Waals surface area contributed by atoms with Gasteiger partial charge in [0.1, 0.15) is 0 Å². The van der Waals surface area contributed by atoms with Gasteiger partial charge in [0.2, 0.25) is 10.0 Å². The molecule has 168 valence electrons. The Balaban J connectivity index is 1.80. The molecule has 9 nitrogen and oxygen atoms in total. The second-order valence-corrected chi connectivity index (χ2v) is 11.2. The molecular weight excluding hydrogens is 468 g/mol. The molecule has 0 saturated carbocycles. The van der Waals surface area contributed by atoms with E-state index >= 15 is 0 Å². The van der Waals surface area contributed by atoms with Crippen molar-refractivity contribution in [3.8, 4) is 11.5 Å². The predicted octanol–water partition coefficient (Wildman–Crippen LogP) is 2.07. The Hall–Kier alpha value is -2.34. The number of rotatable bonds is 7. The highest BCUT2D eigenvalue weighted by Crippen LogP contribution is 2.36. The highest BCUT2D eigenvalue weighted by Gasteiger charge is 2.31. The van der Waals surface area contributed by atoms with Crippen LogP contribution in [0.3, 0.4) is 0 Å². The zero-order valence-electron chi connectivity index (χ0n) is 16.7. The number of benzene rings is 2. The van der Waals surface area contributed by atoms with Gasteiger partial charge in [0.15, 0.2) is 21.3 Å². The van der Waals surface area contributed by atoms with E-state index in [0.29, 0.717) is 11.5 Å². The molecule has 2 aromatic carbocycles. The standard InChI is InChI=1S/C19H21ClN2O7S2/c1-28-17-9-15(20)16(10-18(17)29-2)21-19(23)12-4-3-5-14(8-12)31(26,27)22-13-6-7-30(24,25)11-13/h3-5,8-10,13,22H,6-7,11H2,1-2H3,(H,21,23). The highest BCUT2D eigenvalue weighted by atomic mass is 35.5. The largest absolute Gasteiger partial charge is 0.493 e. The van der Waals surface area contributed by atoms with Crippen molar-refractivity contribution in [2.24, 2.45) is 0 Å². The van der Waals surface area contributed by atoms with Crippen LogP contribution < -0.4 is 19.5 Å². The maximum absolute atomic E-state index is 12.7. The molecule has 1 amide bonds. The highest BCUT2D eigenvalue weighted by molar-refractivity contribution is 7.92. The quantitative estimate of drug-likeness (QED) is 0.610. The molecule has 3 rings (SSSR count). The Kier molecular flexibility index (Phi) is 6.79. The van der Waals surface area contributed by atoms with Crippen LogP contribution in [0, 0.1) is 0 Å². The van der Waals surface area contributed by atoms with E-state index in [4.69, 9.17) is 21.1 Å². The molecule has 2 aromatic rings. The summed E-state index contributed by atoms with van der Waals surface area (Å²) in [5, 5.41) is 2.82. The van der Waals surface area contributed by atoms with E-state index in [9.17, 15) is 21.6 Å². The van der Waals surface area contributed by atoms with Gasteiger partial charge in [-0.1, -0.05) is 17.7 Å². The maximum Gasteiger partial charge on any atom is 0.255 e. The predicted molar refractivity (Wildman–Crippen MR) is 116 cm³/mol. The molecule has 1 heterocycles. The molecule has 1 saturated heterocycles. The van der Waals surface area contributed by atoms with Crippen LogP contribution in [0.15, 0.2) is 41.3 Å². The van der Waals surface area contributed by atoms with Gasteiger partial charge in [-0.15, -0.1) is 0 Å². The van der Waals surface area contributed by atoms with Crippen LogP contribution in [0.1, 0.15) is 16.8 Å². The zero-order chi connectivity index (χ0) is 22.8. The lowest BCUT2D eigenvalue weighted by Gasteiger charge is -2.14. The molecule has 0 aromatic heterocycles. The van der Waals surface area contributed by atoms with Crippen molar-refractivity contribution in [2.75, 3.05) is 31.0 Å². The molecule has 2 N–H and O–H groups in total. The molecule has 1 fully saturated rings. The van der Waals surface area contributed by atoms with Crippen molar-refractivity contribution in [2.45, 2.75) is 17.4 Å². The van der Waals surface area contributed by atoms with Gasteiger partial charge < -0.3 is 14.8 Å². The number of hydrogen-bond donors (Lipinski definition) is 2. The number of halogens is 1. The Morgan fingerprint density at radius 2 is 1.81 bits per heavy atom. The van der Waals surface area contributed by atoms with E-state index in [2.05, 4.69) is 10.0 Å². The number of carbonyl (C=O) groups excluding carboxylic acids is 1. The smallest absolute Gasteiger partial charge is 0.255 e. The summed E-state index contributed by atoms with van der Waals surface area (Å²) in [6.07, 6.45) is 0.208. The first-order chi connectivity index (χ1) is 14.5. The number of hydrogen-bond acceptors (Lipinski definition) is 7. The monoisotopic (exact) mass is 488 g/mol. The molecule has 12 heteroatoms. The summed E-state index contributed by atoms with van der Waals surface area (Å²) in [6, 6.07) is 7.67. The van der Waals surface area contributed by atoms with Crippen molar-refractivity contribution in [1.82, 2.24) is 4.72 Å². The Bertz CT molecular complexity index is 1210. The lowest BCUT2D eigenvalue weighted by atomic mass is 10.2. The first kappa shape index (κ1) is 23.3. The summed E-state index contributed by atoms with van der Waals surface area (Å²) >= 11 is 6.19. The molecule has 0 bridgehead atoms. The number of sulfone groups is 1. The molecule has 0 radical (unpaired) electrons. The van der Waals surface area contributed by atoms with Gasteiger partial charge in [-0.3, -0.25) is 4.79 Å². The molecule has 0 aliphatic carbocycles. The minimum Gasteiger partial charge on any atom is -0.493 e. The van der Waals surface area contributed by atoms with Gasteiger partial charge in [-0.2, -0.15) is 0 Å². The summed E-state index contributed by atoms with van der Waals surface area (Å²) in [6.45, 7) is 0. The minimum atomic E-state index is -4.01. The number of ether oxygens (including phenoxy) is 2. The average Bonchev–Trinajstić information content (AvgIpc) is 3.06. The van der Waals surface area contributed by atoms with E-state index in [1.807, 2.05) is 0 Å². The van der Waals surface area contributed by atoms with Gasteiger partial charge in [-0.25, -0.2) is 21.6 Å². The fourth-order valence-electron chi connectivity index (χ4n) is 3.12. The van der Waals surface area contributed by atoms with Gasteiger partial charge in [-0.05, 0) is 24.6 Å². The summed E-state index contributed by atoms with van der Waals surface area (Å²) in [7, 11) is -4.36. The third-order valence-corrected chi connectivity index (χ3v) is 8.28. The first-order valence-corrected chi connectivity index (χ1v) is 12.8. The summed E-state index contributed by atoms with van der Waals surface area (Å²) in [5.41, 5.74) is 0.333. The van der Waals surface area contributed by atoms with Gasteiger partial charge in [0, 0.05) is 23.7 Å². The molecule has 31 heavy (non-hydrogen) atoms. The van der Waals surface area contributed by atoms with Crippen LogP contribution in [0.2, 0.25) is 5.02 Å². The Labute approximate surface area is 185 Å². The van der Waals surface area contributed by atoms with Crippen molar-refractivity contribution in [1.29, 1.82) is 0 Å². The van der Waals surface area contributed by atoms with E-state index in [1.54, 1.807) is 0 Å². The minimum absolute atomic E-state index is 0.0608. The van der Waals surface area contributed by atoms with Crippen LogP contribution in [0.5, 0.6) is 11.5 Å². The number of anilines is 1. The van der Waals surface area contributed by atoms with Gasteiger partial charge in [0.25, 0.3) is 5.91 Å².